The Morgan fingerprint density at radius 3 is 1.96 bits per heavy atom. The second kappa shape index (κ2) is 12.0. The normalized spacial score (nSPS) is 14.1. The molecule has 0 heterocycles. The molecule has 158 valence electrons. The first-order chi connectivity index (χ1) is 13.4. The van der Waals surface area contributed by atoms with Crippen LogP contribution in [0.4, 0.5) is 0 Å². The molecule has 1 aromatic rings. The van der Waals surface area contributed by atoms with Crippen LogP contribution < -0.4 is 9.47 Å². The first-order valence-corrected chi connectivity index (χ1v) is 11.7. The summed E-state index contributed by atoms with van der Waals surface area (Å²) in [5.74, 6) is -2.45. The highest BCUT2D eigenvalue weighted by Crippen LogP contribution is 2.40. The zero-order valence-electron chi connectivity index (χ0n) is 17.1. The largest absolute Gasteiger partial charge is 0.493 e. The molecule has 0 aliphatic rings. The Hall–Kier alpha value is -1.74. The lowest BCUT2D eigenvalue weighted by atomic mass is 9.86. The Morgan fingerprint density at radius 1 is 1.04 bits per heavy atom. The third-order valence-electron chi connectivity index (χ3n) is 4.09. The van der Waals surface area contributed by atoms with Gasteiger partial charge < -0.3 is 18.9 Å². The van der Waals surface area contributed by atoms with E-state index < -0.39 is 39.2 Å². The van der Waals surface area contributed by atoms with Crippen LogP contribution in [0.1, 0.15) is 25.3 Å². The molecule has 0 aliphatic carbocycles. The molecule has 0 bridgehead atoms. The van der Waals surface area contributed by atoms with E-state index >= 15 is 0 Å². The molecule has 28 heavy (non-hydrogen) atoms. The summed E-state index contributed by atoms with van der Waals surface area (Å²) in [6.45, 7) is 3.56. The van der Waals surface area contributed by atoms with Crippen LogP contribution in [0.15, 0.2) is 18.2 Å². The van der Waals surface area contributed by atoms with Gasteiger partial charge in [-0.2, -0.15) is 0 Å². The lowest BCUT2D eigenvalue weighted by molar-refractivity contribution is -0.162. The number of methoxy groups -OCH3 is 2. The molecule has 0 aromatic heterocycles. The number of carbonyl (C=O) groups excluding carboxylic acids is 2. The molecule has 0 radical (unpaired) electrons. The fraction of sp³-hybridized carbons (Fsp3) is 0.579. The summed E-state index contributed by atoms with van der Waals surface area (Å²) in [7, 11) is 1.67. The highest BCUT2D eigenvalue weighted by atomic mass is 32.2. The van der Waals surface area contributed by atoms with Crippen molar-refractivity contribution in [1.29, 1.82) is 0 Å². The lowest BCUT2D eigenvalue weighted by Crippen LogP contribution is -2.39. The van der Waals surface area contributed by atoms with Gasteiger partial charge >= 0.3 is 11.9 Å². The van der Waals surface area contributed by atoms with Gasteiger partial charge in [0.05, 0.1) is 32.0 Å². The van der Waals surface area contributed by atoms with Crippen molar-refractivity contribution in [2.24, 2.45) is 5.92 Å². The molecule has 1 rings (SSSR count). The summed E-state index contributed by atoms with van der Waals surface area (Å²) < 4.78 is 32.8. The summed E-state index contributed by atoms with van der Waals surface area (Å²) in [5, 5.41) is 0. The highest BCUT2D eigenvalue weighted by molar-refractivity contribution is 8.10. The first kappa shape index (κ1) is 24.3. The number of ether oxygens (including phenoxy) is 4. The smallest absolute Gasteiger partial charge is 0.321 e. The van der Waals surface area contributed by atoms with Gasteiger partial charge in [-0.15, -0.1) is 11.8 Å². The van der Waals surface area contributed by atoms with Crippen molar-refractivity contribution >= 4 is 34.5 Å². The fourth-order valence-corrected chi connectivity index (χ4v) is 5.33. The summed E-state index contributed by atoms with van der Waals surface area (Å²) in [6, 6.07) is 5.10. The second-order valence-electron chi connectivity index (χ2n) is 5.72. The summed E-state index contributed by atoms with van der Waals surface area (Å²) in [5.41, 5.74) is 0.610. The summed E-state index contributed by atoms with van der Waals surface area (Å²) in [6.07, 6.45) is 3.33. The highest BCUT2D eigenvalue weighted by Gasteiger charge is 2.44. The van der Waals surface area contributed by atoms with Gasteiger partial charge in [0.15, 0.2) is 17.4 Å². The Labute approximate surface area is 172 Å². The van der Waals surface area contributed by atoms with E-state index in [1.165, 1.54) is 26.0 Å². The molecule has 0 saturated heterocycles. The zero-order chi connectivity index (χ0) is 21.3. The number of benzene rings is 1. The van der Waals surface area contributed by atoms with Crippen LogP contribution in [0, 0.1) is 5.92 Å². The van der Waals surface area contributed by atoms with Gasteiger partial charge in [0.2, 0.25) is 0 Å². The molecule has 9 heteroatoms. The van der Waals surface area contributed by atoms with Crippen molar-refractivity contribution in [3.8, 4) is 11.5 Å². The molecule has 0 fully saturated rings. The van der Waals surface area contributed by atoms with Gasteiger partial charge in [0.1, 0.15) is 0 Å². The van der Waals surface area contributed by atoms with E-state index in [1.807, 2.05) is 0 Å². The maximum Gasteiger partial charge on any atom is 0.321 e. The number of hydrogen-bond acceptors (Lipinski definition) is 8. The number of carbonyl (C=O) groups is 2. The quantitative estimate of drug-likeness (QED) is 0.389. The Balaban J connectivity index is 3.62. The first-order valence-electron chi connectivity index (χ1n) is 8.76. The predicted octanol–water partition coefficient (Wildman–Crippen LogP) is 2.60. The molecule has 0 spiro atoms. The van der Waals surface area contributed by atoms with Gasteiger partial charge in [-0.05, 0) is 37.8 Å². The fourth-order valence-electron chi connectivity index (χ4n) is 2.91. The van der Waals surface area contributed by atoms with E-state index in [9.17, 15) is 13.8 Å². The van der Waals surface area contributed by atoms with Gasteiger partial charge in [-0.3, -0.25) is 13.8 Å². The van der Waals surface area contributed by atoms with Crippen LogP contribution in [-0.4, -0.2) is 60.7 Å². The topological polar surface area (TPSA) is 88.1 Å². The molecule has 0 N–H and O–H groups in total. The number of thioether (sulfide) groups is 1. The average molecular weight is 433 g/mol. The predicted molar refractivity (Wildman–Crippen MR) is 110 cm³/mol. The molecule has 0 aliphatic heterocycles. The minimum Gasteiger partial charge on any atom is -0.493 e. The van der Waals surface area contributed by atoms with Crippen molar-refractivity contribution in [2.75, 3.05) is 39.9 Å². The van der Waals surface area contributed by atoms with Crippen molar-refractivity contribution in [1.82, 2.24) is 0 Å². The van der Waals surface area contributed by atoms with Crippen molar-refractivity contribution in [2.45, 2.75) is 24.3 Å². The number of esters is 2. The monoisotopic (exact) mass is 432 g/mol. The van der Waals surface area contributed by atoms with Crippen LogP contribution in [-0.2, 0) is 29.9 Å². The SMILES string of the molecule is CCOC(=O)C(C(=O)OCC)C(c1ccc(OC)c(OC)c1)C(SC)S(C)=O. The van der Waals surface area contributed by atoms with Gasteiger partial charge in [0.25, 0.3) is 0 Å². The van der Waals surface area contributed by atoms with Crippen molar-refractivity contribution in [3.05, 3.63) is 23.8 Å². The second-order valence-corrected chi connectivity index (χ2v) is 8.51. The zero-order valence-corrected chi connectivity index (χ0v) is 18.7. The van der Waals surface area contributed by atoms with Crippen molar-refractivity contribution in [3.63, 3.8) is 0 Å². The molecule has 0 saturated carbocycles. The minimum absolute atomic E-state index is 0.118. The Kier molecular flexibility index (Phi) is 10.4. The summed E-state index contributed by atoms with van der Waals surface area (Å²) in [4.78, 5) is 25.4. The molecule has 3 atom stereocenters. The van der Waals surface area contributed by atoms with E-state index in [0.717, 1.165) is 0 Å². The molecule has 0 amide bonds. The molecule has 7 nitrogen and oxygen atoms in total. The third kappa shape index (κ3) is 5.88. The van der Waals surface area contributed by atoms with E-state index in [0.29, 0.717) is 17.1 Å². The summed E-state index contributed by atoms with van der Waals surface area (Å²) >= 11 is 1.32. The molecular weight excluding hydrogens is 404 g/mol. The number of rotatable bonds is 11. The van der Waals surface area contributed by atoms with Crippen LogP contribution in [0.5, 0.6) is 11.5 Å². The Morgan fingerprint density at radius 2 is 1.57 bits per heavy atom. The van der Waals surface area contributed by atoms with E-state index in [4.69, 9.17) is 18.9 Å². The van der Waals surface area contributed by atoms with Crippen LogP contribution in [0.3, 0.4) is 0 Å². The van der Waals surface area contributed by atoms with Gasteiger partial charge in [-0.1, -0.05) is 6.07 Å². The molecule has 3 unspecified atom stereocenters. The molecular formula is C19H28O7S2. The maximum atomic E-state index is 12.7. The standard InChI is InChI=1S/C19H28O7S2/c1-7-25-17(20)16(18(21)26-8-2)15(19(27-5)28(6)22)12-9-10-13(23-3)14(11-12)24-4/h9-11,15-16,19H,7-8H2,1-6H3. The van der Waals surface area contributed by atoms with Crippen LogP contribution in [0.2, 0.25) is 0 Å². The average Bonchev–Trinajstić information content (AvgIpc) is 2.67. The van der Waals surface area contributed by atoms with Gasteiger partial charge in [-0.25, -0.2) is 0 Å². The van der Waals surface area contributed by atoms with Crippen LogP contribution in [0.25, 0.3) is 0 Å². The van der Waals surface area contributed by atoms with Crippen molar-refractivity contribution < 1.29 is 32.7 Å². The molecule has 1 aromatic carbocycles. The Bertz CT molecular complexity index is 675. The maximum absolute atomic E-state index is 12.7. The van der Waals surface area contributed by atoms with E-state index in [2.05, 4.69) is 0 Å². The van der Waals surface area contributed by atoms with Crippen LogP contribution >= 0.6 is 11.8 Å². The van der Waals surface area contributed by atoms with Gasteiger partial charge in [0, 0.05) is 23.0 Å². The minimum atomic E-state index is -1.34. The van der Waals surface area contributed by atoms with E-state index in [-0.39, 0.29) is 13.2 Å². The third-order valence-corrected chi connectivity index (χ3v) is 7.18. The van der Waals surface area contributed by atoms with E-state index in [1.54, 1.807) is 44.6 Å². The number of hydrogen-bond donors (Lipinski definition) is 0. The lowest BCUT2D eigenvalue weighted by Gasteiger charge is -2.30.